The fourth-order valence-electron chi connectivity index (χ4n) is 3.13. The zero-order valence-corrected chi connectivity index (χ0v) is 10.3. The van der Waals surface area contributed by atoms with Gasteiger partial charge in [-0.2, -0.15) is 0 Å². The number of carboxylic acid groups (broad SMARTS) is 1. The molecule has 0 radical (unpaired) electrons. The first-order chi connectivity index (χ1) is 8.72. The predicted octanol–water partition coefficient (Wildman–Crippen LogP) is 3.45. The number of aromatic amines is 1. The molecule has 3 heteroatoms. The summed E-state index contributed by atoms with van der Waals surface area (Å²) in [7, 11) is 0. The largest absolute Gasteiger partial charge is 0.481 e. The average Bonchev–Trinajstić information content (AvgIpc) is 2.86. The van der Waals surface area contributed by atoms with Crippen LogP contribution in [0.5, 0.6) is 0 Å². The van der Waals surface area contributed by atoms with E-state index in [1.54, 1.807) is 0 Å². The van der Waals surface area contributed by atoms with Crippen LogP contribution in [0.25, 0.3) is 10.9 Å². The van der Waals surface area contributed by atoms with E-state index in [2.05, 4.69) is 4.98 Å². The second kappa shape index (κ2) is 4.16. The fraction of sp³-hybridized carbons (Fsp3) is 0.400. The Labute approximate surface area is 106 Å². The summed E-state index contributed by atoms with van der Waals surface area (Å²) in [5, 5.41) is 10.8. The number of nitrogens with one attached hydrogen (secondary N) is 1. The third-order valence-electron chi connectivity index (χ3n) is 4.22. The molecular weight excluding hydrogens is 226 g/mol. The van der Waals surface area contributed by atoms with Crippen LogP contribution in [-0.4, -0.2) is 16.1 Å². The molecule has 0 aliphatic heterocycles. The molecular formula is C15H17NO2. The predicted molar refractivity (Wildman–Crippen MR) is 70.7 cm³/mol. The lowest BCUT2D eigenvalue weighted by atomic mass is 9.69. The van der Waals surface area contributed by atoms with E-state index in [9.17, 15) is 9.90 Å². The maximum atomic E-state index is 11.7. The van der Waals surface area contributed by atoms with Crippen LogP contribution in [0.3, 0.4) is 0 Å². The van der Waals surface area contributed by atoms with E-state index in [-0.39, 0.29) is 0 Å². The number of fused-ring (bicyclic) bond motifs is 1. The summed E-state index contributed by atoms with van der Waals surface area (Å²) in [6.45, 7) is 0. The van der Waals surface area contributed by atoms with Crippen molar-refractivity contribution < 1.29 is 9.90 Å². The second-order valence-electron chi connectivity index (χ2n) is 5.23. The summed E-state index contributed by atoms with van der Waals surface area (Å²) in [4.78, 5) is 14.9. The summed E-state index contributed by atoms with van der Waals surface area (Å²) in [6.07, 6.45) is 6.58. The number of aliphatic carboxylic acids is 1. The molecule has 94 valence electrons. The van der Waals surface area contributed by atoms with Gasteiger partial charge in [-0.1, -0.05) is 31.4 Å². The van der Waals surface area contributed by atoms with E-state index < -0.39 is 11.4 Å². The van der Waals surface area contributed by atoms with Crippen molar-refractivity contribution in [3.8, 4) is 0 Å². The first-order valence-electron chi connectivity index (χ1n) is 6.53. The monoisotopic (exact) mass is 243 g/mol. The van der Waals surface area contributed by atoms with Crippen LogP contribution < -0.4 is 0 Å². The van der Waals surface area contributed by atoms with E-state index in [0.29, 0.717) is 0 Å². The van der Waals surface area contributed by atoms with Crippen LogP contribution in [0.1, 0.15) is 37.7 Å². The highest BCUT2D eigenvalue weighted by molar-refractivity contribution is 5.86. The molecule has 1 aromatic heterocycles. The van der Waals surface area contributed by atoms with Crippen LogP contribution in [-0.2, 0) is 10.2 Å². The Morgan fingerprint density at radius 2 is 1.94 bits per heavy atom. The number of H-pyrrole nitrogens is 1. The zero-order chi connectivity index (χ0) is 12.6. The van der Waals surface area contributed by atoms with Crippen LogP contribution in [0.2, 0.25) is 0 Å². The fourth-order valence-corrected chi connectivity index (χ4v) is 3.13. The van der Waals surface area contributed by atoms with Crippen molar-refractivity contribution in [2.45, 2.75) is 37.5 Å². The molecule has 1 saturated carbocycles. The molecule has 3 rings (SSSR count). The van der Waals surface area contributed by atoms with Crippen LogP contribution >= 0.6 is 0 Å². The van der Waals surface area contributed by atoms with Gasteiger partial charge in [0.1, 0.15) is 0 Å². The molecule has 1 aliphatic carbocycles. The smallest absolute Gasteiger partial charge is 0.314 e. The Balaban J connectivity index is 2.11. The Bertz CT molecular complexity index is 579. The van der Waals surface area contributed by atoms with Gasteiger partial charge in [-0.3, -0.25) is 4.79 Å². The Kier molecular flexibility index (Phi) is 2.62. The van der Waals surface area contributed by atoms with E-state index in [1.165, 1.54) is 0 Å². The molecule has 0 saturated heterocycles. The summed E-state index contributed by atoms with van der Waals surface area (Å²) in [5.41, 5.74) is 1.31. The van der Waals surface area contributed by atoms with Gasteiger partial charge in [0.25, 0.3) is 0 Å². The van der Waals surface area contributed by atoms with Crippen molar-refractivity contribution in [2.24, 2.45) is 0 Å². The Morgan fingerprint density at radius 1 is 1.17 bits per heavy atom. The van der Waals surface area contributed by atoms with Crippen LogP contribution in [0.4, 0.5) is 0 Å². The van der Waals surface area contributed by atoms with E-state index in [4.69, 9.17) is 0 Å². The number of carboxylic acids is 1. The van der Waals surface area contributed by atoms with E-state index in [0.717, 1.165) is 48.6 Å². The van der Waals surface area contributed by atoms with Gasteiger partial charge >= 0.3 is 5.97 Å². The molecule has 1 heterocycles. The zero-order valence-electron chi connectivity index (χ0n) is 10.3. The summed E-state index contributed by atoms with van der Waals surface area (Å²) in [6, 6.07) is 8.01. The molecule has 0 bridgehead atoms. The lowest BCUT2D eigenvalue weighted by Gasteiger charge is -2.33. The van der Waals surface area contributed by atoms with Crippen molar-refractivity contribution >= 4 is 16.9 Å². The molecule has 0 atom stereocenters. The molecule has 1 aliphatic rings. The van der Waals surface area contributed by atoms with Gasteiger partial charge in [0.05, 0.1) is 5.41 Å². The minimum atomic E-state index is -0.673. The third-order valence-corrected chi connectivity index (χ3v) is 4.22. The van der Waals surface area contributed by atoms with Crippen molar-refractivity contribution in [1.82, 2.24) is 4.98 Å². The molecule has 0 unspecified atom stereocenters. The van der Waals surface area contributed by atoms with Crippen molar-refractivity contribution in [3.63, 3.8) is 0 Å². The molecule has 0 amide bonds. The second-order valence-corrected chi connectivity index (χ2v) is 5.23. The minimum Gasteiger partial charge on any atom is -0.481 e. The first kappa shape index (κ1) is 11.3. The number of benzene rings is 1. The van der Waals surface area contributed by atoms with Gasteiger partial charge in [-0.15, -0.1) is 0 Å². The summed E-state index contributed by atoms with van der Waals surface area (Å²) < 4.78 is 0. The van der Waals surface area contributed by atoms with Gasteiger partial charge in [0, 0.05) is 11.7 Å². The lowest BCUT2D eigenvalue weighted by molar-refractivity contribution is -0.145. The molecule has 0 spiro atoms. The standard InChI is InChI=1S/C15H17NO2/c17-14(18)15(7-2-1-3-8-15)12-5-4-11-6-9-16-13(11)10-12/h4-6,9-10,16H,1-3,7-8H2,(H,17,18). The first-order valence-corrected chi connectivity index (χ1v) is 6.53. The molecule has 3 nitrogen and oxygen atoms in total. The normalized spacial score (nSPS) is 18.9. The maximum absolute atomic E-state index is 11.7. The lowest BCUT2D eigenvalue weighted by Crippen LogP contribution is -2.37. The van der Waals surface area contributed by atoms with E-state index >= 15 is 0 Å². The maximum Gasteiger partial charge on any atom is 0.314 e. The van der Waals surface area contributed by atoms with Gasteiger partial charge in [0.15, 0.2) is 0 Å². The van der Waals surface area contributed by atoms with Gasteiger partial charge in [0.2, 0.25) is 0 Å². The van der Waals surface area contributed by atoms with Crippen LogP contribution in [0, 0.1) is 0 Å². The Hall–Kier alpha value is -1.77. The number of carbonyl (C=O) groups is 1. The molecule has 1 fully saturated rings. The topological polar surface area (TPSA) is 53.1 Å². The highest BCUT2D eigenvalue weighted by atomic mass is 16.4. The number of hydrogen-bond donors (Lipinski definition) is 2. The Morgan fingerprint density at radius 3 is 2.67 bits per heavy atom. The highest BCUT2D eigenvalue weighted by Gasteiger charge is 2.41. The van der Waals surface area contributed by atoms with Gasteiger partial charge in [-0.05, 0) is 35.9 Å². The average molecular weight is 243 g/mol. The van der Waals surface area contributed by atoms with Gasteiger partial charge in [-0.25, -0.2) is 0 Å². The minimum absolute atomic E-state index is 0.669. The number of rotatable bonds is 2. The number of hydrogen-bond acceptors (Lipinski definition) is 1. The summed E-state index contributed by atoms with van der Waals surface area (Å²) in [5.74, 6) is -0.673. The number of aromatic nitrogens is 1. The van der Waals surface area contributed by atoms with Crippen molar-refractivity contribution in [3.05, 3.63) is 36.0 Å². The molecule has 18 heavy (non-hydrogen) atoms. The van der Waals surface area contributed by atoms with Crippen molar-refractivity contribution in [2.75, 3.05) is 0 Å². The molecule has 2 aromatic rings. The highest BCUT2D eigenvalue weighted by Crippen LogP contribution is 2.40. The third kappa shape index (κ3) is 1.62. The molecule has 1 aromatic carbocycles. The summed E-state index contributed by atoms with van der Waals surface area (Å²) >= 11 is 0. The van der Waals surface area contributed by atoms with Crippen molar-refractivity contribution in [1.29, 1.82) is 0 Å². The quantitative estimate of drug-likeness (QED) is 0.848. The van der Waals surface area contributed by atoms with E-state index in [1.807, 2.05) is 30.5 Å². The molecule has 2 N–H and O–H groups in total. The van der Waals surface area contributed by atoms with Crippen LogP contribution in [0.15, 0.2) is 30.5 Å². The van der Waals surface area contributed by atoms with Gasteiger partial charge < -0.3 is 10.1 Å². The SMILES string of the molecule is O=C(O)C1(c2ccc3cc[nH]c3c2)CCCCC1.